The van der Waals surface area contributed by atoms with Crippen molar-refractivity contribution in [3.05, 3.63) is 29.8 Å². The van der Waals surface area contributed by atoms with Gasteiger partial charge in [-0.25, -0.2) is 4.98 Å². The molecule has 2 unspecified atom stereocenters. The van der Waals surface area contributed by atoms with Crippen molar-refractivity contribution >= 4 is 5.91 Å². The van der Waals surface area contributed by atoms with Gasteiger partial charge in [0, 0.05) is 30.9 Å². The highest BCUT2D eigenvalue weighted by atomic mass is 19.1. The van der Waals surface area contributed by atoms with E-state index in [0.29, 0.717) is 17.4 Å². The summed E-state index contributed by atoms with van der Waals surface area (Å²) in [5.41, 5.74) is 0.388. The molecule has 0 radical (unpaired) electrons. The Labute approximate surface area is 101 Å². The van der Waals surface area contributed by atoms with Crippen LogP contribution in [0.1, 0.15) is 30.6 Å². The molecule has 1 saturated heterocycles. The molecule has 0 aromatic carbocycles. The van der Waals surface area contributed by atoms with E-state index in [4.69, 9.17) is 0 Å². The SMILES string of the molecule is CC1CCN(C(=O)c2ccnc(F)c2)CC1C. The summed E-state index contributed by atoms with van der Waals surface area (Å²) in [6, 6.07) is 2.76. The van der Waals surface area contributed by atoms with Crippen LogP contribution in [0, 0.1) is 17.8 Å². The van der Waals surface area contributed by atoms with Gasteiger partial charge in [0.05, 0.1) is 0 Å². The number of rotatable bonds is 1. The van der Waals surface area contributed by atoms with E-state index in [-0.39, 0.29) is 5.91 Å². The quantitative estimate of drug-likeness (QED) is 0.701. The zero-order chi connectivity index (χ0) is 12.4. The Morgan fingerprint density at radius 2 is 2.24 bits per heavy atom. The first-order valence-corrected chi connectivity index (χ1v) is 5.98. The number of amides is 1. The lowest BCUT2D eigenvalue weighted by Crippen LogP contribution is -2.42. The fourth-order valence-electron chi connectivity index (χ4n) is 2.17. The van der Waals surface area contributed by atoms with Crippen LogP contribution >= 0.6 is 0 Å². The molecular weight excluding hydrogens is 219 g/mol. The van der Waals surface area contributed by atoms with E-state index in [2.05, 4.69) is 18.8 Å². The Morgan fingerprint density at radius 1 is 1.47 bits per heavy atom. The van der Waals surface area contributed by atoms with Crippen molar-refractivity contribution in [1.29, 1.82) is 0 Å². The largest absolute Gasteiger partial charge is 0.338 e. The van der Waals surface area contributed by atoms with E-state index >= 15 is 0 Å². The first-order valence-electron chi connectivity index (χ1n) is 5.98. The maximum atomic E-state index is 13.0. The number of halogens is 1. The predicted octanol–water partition coefficient (Wildman–Crippen LogP) is 2.34. The third-order valence-electron chi connectivity index (χ3n) is 3.59. The van der Waals surface area contributed by atoms with Crippen molar-refractivity contribution < 1.29 is 9.18 Å². The molecule has 2 atom stereocenters. The zero-order valence-corrected chi connectivity index (χ0v) is 10.2. The van der Waals surface area contributed by atoms with E-state index in [9.17, 15) is 9.18 Å². The minimum Gasteiger partial charge on any atom is -0.338 e. The number of hydrogen-bond donors (Lipinski definition) is 0. The number of carbonyl (C=O) groups is 1. The maximum absolute atomic E-state index is 13.0. The van der Waals surface area contributed by atoms with Crippen LogP contribution in [0.2, 0.25) is 0 Å². The number of likely N-dealkylation sites (tertiary alicyclic amines) is 1. The van der Waals surface area contributed by atoms with Gasteiger partial charge in [-0.3, -0.25) is 4.79 Å². The highest BCUT2D eigenvalue weighted by Gasteiger charge is 2.26. The lowest BCUT2D eigenvalue weighted by Gasteiger charge is -2.35. The lowest BCUT2D eigenvalue weighted by molar-refractivity contribution is 0.0627. The highest BCUT2D eigenvalue weighted by Crippen LogP contribution is 2.23. The van der Waals surface area contributed by atoms with E-state index in [0.717, 1.165) is 19.5 Å². The van der Waals surface area contributed by atoms with Crippen molar-refractivity contribution in [1.82, 2.24) is 9.88 Å². The molecule has 0 aliphatic carbocycles. The third-order valence-corrected chi connectivity index (χ3v) is 3.59. The summed E-state index contributed by atoms with van der Waals surface area (Å²) < 4.78 is 13.0. The van der Waals surface area contributed by atoms with Crippen LogP contribution in [0.5, 0.6) is 0 Å². The first-order chi connectivity index (χ1) is 8.08. The summed E-state index contributed by atoms with van der Waals surface area (Å²) in [4.78, 5) is 17.4. The molecule has 1 amide bonds. The van der Waals surface area contributed by atoms with Gasteiger partial charge in [0.25, 0.3) is 5.91 Å². The number of hydrogen-bond acceptors (Lipinski definition) is 2. The van der Waals surface area contributed by atoms with Crippen LogP contribution in [0.25, 0.3) is 0 Å². The molecule has 2 rings (SSSR count). The molecule has 0 saturated carbocycles. The third kappa shape index (κ3) is 2.62. The van der Waals surface area contributed by atoms with Crippen molar-refractivity contribution in [3.8, 4) is 0 Å². The molecule has 1 aromatic rings. The summed E-state index contributed by atoms with van der Waals surface area (Å²) in [6.45, 7) is 5.87. The molecule has 4 heteroatoms. The lowest BCUT2D eigenvalue weighted by atomic mass is 9.88. The van der Waals surface area contributed by atoms with Crippen molar-refractivity contribution in [2.45, 2.75) is 20.3 Å². The maximum Gasteiger partial charge on any atom is 0.254 e. The van der Waals surface area contributed by atoms with Crippen LogP contribution in [-0.2, 0) is 0 Å². The molecule has 0 bridgehead atoms. The monoisotopic (exact) mass is 236 g/mol. The summed E-state index contributed by atoms with van der Waals surface area (Å²) in [5, 5.41) is 0. The van der Waals surface area contributed by atoms with Gasteiger partial charge >= 0.3 is 0 Å². The molecule has 1 fully saturated rings. The summed E-state index contributed by atoms with van der Waals surface area (Å²) in [5.74, 6) is 0.451. The second kappa shape index (κ2) is 4.82. The average molecular weight is 236 g/mol. The average Bonchev–Trinajstić information content (AvgIpc) is 2.32. The molecule has 2 heterocycles. The number of carbonyl (C=O) groups excluding carboxylic acids is 1. The van der Waals surface area contributed by atoms with Gasteiger partial charge in [-0.1, -0.05) is 13.8 Å². The minimum absolute atomic E-state index is 0.0925. The molecular formula is C13H17FN2O. The van der Waals surface area contributed by atoms with Crippen LogP contribution in [0.4, 0.5) is 4.39 Å². The fraction of sp³-hybridized carbons (Fsp3) is 0.538. The van der Waals surface area contributed by atoms with Crippen LogP contribution in [-0.4, -0.2) is 28.9 Å². The molecule has 0 N–H and O–H groups in total. The Hall–Kier alpha value is -1.45. The number of nitrogens with zero attached hydrogens (tertiary/aromatic N) is 2. The van der Waals surface area contributed by atoms with Crippen molar-refractivity contribution in [2.75, 3.05) is 13.1 Å². The van der Waals surface area contributed by atoms with Crippen LogP contribution in [0.15, 0.2) is 18.3 Å². The second-order valence-electron chi connectivity index (χ2n) is 4.86. The molecule has 17 heavy (non-hydrogen) atoms. The topological polar surface area (TPSA) is 33.2 Å². The van der Waals surface area contributed by atoms with Gasteiger partial charge in [-0.15, -0.1) is 0 Å². The van der Waals surface area contributed by atoms with E-state index < -0.39 is 5.95 Å². The molecule has 92 valence electrons. The van der Waals surface area contributed by atoms with E-state index in [1.54, 1.807) is 11.0 Å². The van der Waals surface area contributed by atoms with Gasteiger partial charge in [0.2, 0.25) is 5.95 Å². The molecule has 0 spiro atoms. The number of pyridine rings is 1. The fourth-order valence-corrected chi connectivity index (χ4v) is 2.17. The molecule has 3 nitrogen and oxygen atoms in total. The Balaban J connectivity index is 2.10. The molecule has 1 aliphatic heterocycles. The molecule has 1 aliphatic rings. The van der Waals surface area contributed by atoms with Gasteiger partial charge in [-0.2, -0.15) is 4.39 Å². The Bertz CT molecular complexity index is 422. The summed E-state index contributed by atoms with van der Waals surface area (Å²) in [7, 11) is 0. The zero-order valence-electron chi connectivity index (χ0n) is 10.2. The highest BCUT2D eigenvalue weighted by molar-refractivity contribution is 5.94. The standard InChI is InChI=1S/C13H17FN2O/c1-9-4-6-16(8-10(9)2)13(17)11-3-5-15-12(14)7-11/h3,5,7,9-10H,4,6,8H2,1-2H3. The predicted molar refractivity (Wildman–Crippen MR) is 63.0 cm³/mol. The Kier molecular flexibility index (Phi) is 3.41. The van der Waals surface area contributed by atoms with Gasteiger partial charge in [0.1, 0.15) is 0 Å². The minimum atomic E-state index is -0.603. The summed E-state index contributed by atoms with van der Waals surface area (Å²) in [6.07, 6.45) is 2.35. The second-order valence-corrected chi connectivity index (χ2v) is 4.86. The first kappa shape index (κ1) is 12.0. The van der Waals surface area contributed by atoms with Gasteiger partial charge < -0.3 is 4.90 Å². The Morgan fingerprint density at radius 3 is 2.88 bits per heavy atom. The van der Waals surface area contributed by atoms with Gasteiger partial charge in [-0.05, 0) is 24.3 Å². The number of piperidine rings is 1. The van der Waals surface area contributed by atoms with Crippen molar-refractivity contribution in [2.24, 2.45) is 11.8 Å². The van der Waals surface area contributed by atoms with Gasteiger partial charge in [0.15, 0.2) is 0 Å². The van der Waals surface area contributed by atoms with E-state index in [1.807, 2.05) is 0 Å². The smallest absolute Gasteiger partial charge is 0.254 e. The van der Waals surface area contributed by atoms with Crippen LogP contribution in [0.3, 0.4) is 0 Å². The summed E-state index contributed by atoms with van der Waals surface area (Å²) >= 11 is 0. The van der Waals surface area contributed by atoms with E-state index in [1.165, 1.54) is 12.3 Å². The normalized spacial score (nSPS) is 24.8. The van der Waals surface area contributed by atoms with Crippen molar-refractivity contribution in [3.63, 3.8) is 0 Å². The van der Waals surface area contributed by atoms with Crippen LogP contribution < -0.4 is 0 Å². The molecule has 1 aromatic heterocycles. The number of aromatic nitrogens is 1.